The Bertz CT molecular complexity index is 1310. The van der Waals surface area contributed by atoms with Crippen LogP contribution < -0.4 is 9.47 Å². The number of halogens is 1. The van der Waals surface area contributed by atoms with E-state index in [1.54, 1.807) is 44.6 Å². The molecule has 0 saturated carbocycles. The molecule has 8 heteroatoms. The predicted octanol–water partition coefficient (Wildman–Crippen LogP) is 4.98. The number of hydrogen-bond acceptors (Lipinski definition) is 6. The van der Waals surface area contributed by atoms with Crippen LogP contribution in [0.25, 0.3) is 0 Å². The summed E-state index contributed by atoms with van der Waals surface area (Å²) in [6, 6.07) is 19.5. The molecule has 0 fully saturated rings. The highest BCUT2D eigenvalue weighted by Gasteiger charge is 2.42. The van der Waals surface area contributed by atoms with Gasteiger partial charge in [0.15, 0.2) is 16.7 Å². The highest BCUT2D eigenvalue weighted by atomic mass is 32.2. The maximum atomic E-state index is 14.3. The van der Waals surface area contributed by atoms with Crippen molar-refractivity contribution >= 4 is 34.4 Å². The third-order valence-electron chi connectivity index (χ3n) is 5.79. The molecule has 0 saturated heterocycles. The summed E-state index contributed by atoms with van der Waals surface area (Å²) in [6.07, 6.45) is 0.481. The van der Waals surface area contributed by atoms with Crippen LogP contribution in [0.5, 0.6) is 11.5 Å². The summed E-state index contributed by atoms with van der Waals surface area (Å²) in [7, 11) is 3.12. The van der Waals surface area contributed by atoms with Crippen LogP contribution in [-0.4, -0.2) is 42.1 Å². The van der Waals surface area contributed by atoms with Crippen molar-refractivity contribution in [3.05, 3.63) is 89.2 Å². The Morgan fingerprint density at radius 3 is 2.41 bits per heavy atom. The molecule has 3 aromatic carbocycles. The van der Waals surface area contributed by atoms with E-state index in [1.807, 2.05) is 35.2 Å². The summed E-state index contributed by atoms with van der Waals surface area (Å²) in [5, 5.41) is 0.591. The molecule has 0 bridgehead atoms. The second-order valence-electron chi connectivity index (χ2n) is 7.85. The zero-order chi connectivity index (χ0) is 23.7. The molecule has 2 aliphatic heterocycles. The summed E-state index contributed by atoms with van der Waals surface area (Å²) in [5.41, 5.74) is 2.90. The van der Waals surface area contributed by atoms with Crippen LogP contribution in [0.3, 0.4) is 0 Å². The molecule has 0 unspecified atom stereocenters. The van der Waals surface area contributed by atoms with E-state index in [0.29, 0.717) is 51.5 Å². The fourth-order valence-electron chi connectivity index (χ4n) is 4.08. The number of amides is 1. The third-order valence-corrected chi connectivity index (χ3v) is 6.79. The molecule has 6 nitrogen and oxygen atoms in total. The average Bonchev–Trinajstić information content (AvgIpc) is 3.19. The fourth-order valence-corrected chi connectivity index (χ4v) is 5.11. The molecule has 0 radical (unpaired) electrons. The van der Waals surface area contributed by atoms with Crippen LogP contribution in [-0.2, 0) is 17.0 Å². The van der Waals surface area contributed by atoms with E-state index in [9.17, 15) is 9.18 Å². The number of aliphatic imine (C=N–C) groups is 2. The van der Waals surface area contributed by atoms with Crippen LogP contribution in [0.1, 0.15) is 16.7 Å². The summed E-state index contributed by atoms with van der Waals surface area (Å²) in [5.74, 6) is 1.44. The number of thioether (sulfide) groups is 1. The lowest BCUT2D eigenvalue weighted by molar-refractivity contribution is -0.119. The Labute approximate surface area is 201 Å². The van der Waals surface area contributed by atoms with Crippen molar-refractivity contribution < 1.29 is 18.7 Å². The predicted molar refractivity (Wildman–Crippen MR) is 132 cm³/mol. The minimum Gasteiger partial charge on any atom is -0.493 e. The fraction of sp³-hybridized carbons (Fsp3) is 0.192. The van der Waals surface area contributed by atoms with Gasteiger partial charge in [0.25, 0.3) is 5.91 Å². The van der Waals surface area contributed by atoms with Crippen molar-refractivity contribution in [1.82, 2.24) is 4.90 Å². The summed E-state index contributed by atoms with van der Waals surface area (Å²) in [6.45, 7) is 0. The number of rotatable bonds is 6. The molecule has 3 aromatic rings. The van der Waals surface area contributed by atoms with E-state index in [1.165, 1.54) is 17.8 Å². The number of hydrogen-bond donors (Lipinski definition) is 0. The van der Waals surface area contributed by atoms with Gasteiger partial charge in [0.05, 0.1) is 19.9 Å². The molecule has 0 N–H and O–H groups in total. The van der Waals surface area contributed by atoms with Crippen molar-refractivity contribution in [2.75, 3.05) is 14.2 Å². The lowest BCUT2D eigenvalue weighted by Gasteiger charge is -2.31. The van der Waals surface area contributed by atoms with Gasteiger partial charge in [0.1, 0.15) is 17.7 Å². The number of fused-ring (bicyclic) bond motifs is 3. The zero-order valence-electron chi connectivity index (χ0n) is 18.7. The lowest BCUT2D eigenvalue weighted by atomic mass is 10.0. The van der Waals surface area contributed by atoms with E-state index in [-0.39, 0.29) is 11.7 Å². The van der Waals surface area contributed by atoms with Gasteiger partial charge in [-0.2, -0.15) is 4.99 Å². The van der Waals surface area contributed by atoms with Crippen molar-refractivity contribution in [3.8, 4) is 11.5 Å². The van der Waals surface area contributed by atoms with Gasteiger partial charge in [0, 0.05) is 23.8 Å². The van der Waals surface area contributed by atoms with Crippen LogP contribution >= 0.6 is 11.8 Å². The first-order valence-corrected chi connectivity index (χ1v) is 11.7. The van der Waals surface area contributed by atoms with Gasteiger partial charge < -0.3 is 9.47 Å². The van der Waals surface area contributed by atoms with E-state index >= 15 is 0 Å². The molecular weight excluding hydrogens is 453 g/mol. The van der Waals surface area contributed by atoms with Crippen LogP contribution in [0.4, 0.5) is 10.1 Å². The Morgan fingerprint density at radius 2 is 1.68 bits per heavy atom. The number of methoxy groups -OCH3 is 2. The summed E-state index contributed by atoms with van der Waals surface area (Å²) >= 11 is 1.38. The second kappa shape index (κ2) is 9.30. The van der Waals surface area contributed by atoms with Crippen LogP contribution in [0.15, 0.2) is 76.7 Å². The normalized spacial score (nSPS) is 16.5. The van der Waals surface area contributed by atoms with E-state index in [0.717, 1.165) is 5.56 Å². The molecule has 34 heavy (non-hydrogen) atoms. The molecule has 2 heterocycles. The summed E-state index contributed by atoms with van der Waals surface area (Å²) < 4.78 is 25.2. The first-order valence-electron chi connectivity index (χ1n) is 10.8. The number of benzene rings is 3. The van der Waals surface area contributed by atoms with E-state index in [4.69, 9.17) is 14.5 Å². The number of ether oxygens (including phenoxy) is 2. The van der Waals surface area contributed by atoms with E-state index < -0.39 is 6.04 Å². The first-order chi connectivity index (χ1) is 16.6. The highest BCUT2D eigenvalue weighted by molar-refractivity contribution is 8.13. The van der Waals surface area contributed by atoms with Gasteiger partial charge in [-0.05, 0) is 23.3 Å². The summed E-state index contributed by atoms with van der Waals surface area (Å²) in [4.78, 5) is 24.2. The molecule has 1 amide bonds. The van der Waals surface area contributed by atoms with Crippen molar-refractivity contribution in [1.29, 1.82) is 0 Å². The van der Waals surface area contributed by atoms with Gasteiger partial charge in [-0.25, -0.2) is 9.38 Å². The van der Waals surface area contributed by atoms with Gasteiger partial charge in [-0.3, -0.25) is 9.69 Å². The molecule has 1 atom stereocenters. The second-order valence-corrected chi connectivity index (χ2v) is 8.79. The Kier molecular flexibility index (Phi) is 6.06. The van der Waals surface area contributed by atoms with E-state index in [2.05, 4.69) is 4.99 Å². The van der Waals surface area contributed by atoms with Gasteiger partial charge in [-0.15, -0.1) is 0 Å². The SMILES string of the molecule is COc1cc2c(cc1OC)C1=NC(=O)[C@H](Cc3ccccc3)N1C(SCc1ccccc1F)=N2. The number of carbonyl (C=O) groups is 1. The number of nitrogens with zero attached hydrogens (tertiary/aromatic N) is 3. The van der Waals surface area contributed by atoms with Crippen molar-refractivity contribution in [2.45, 2.75) is 18.2 Å². The molecule has 0 aliphatic carbocycles. The van der Waals surface area contributed by atoms with Crippen molar-refractivity contribution in [3.63, 3.8) is 0 Å². The van der Waals surface area contributed by atoms with Crippen LogP contribution in [0.2, 0.25) is 0 Å². The Balaban J connectivity index is 1.56. The highest BCUT2D eigenvalue weighted by Crippen LogP contribution is 2.41. The monoisotopic (exact) mass is 475 g/mol. The van der Waals surface area contributed by atoms with Gasteiger partial charge >= 0.3 is 0 Å². The third kappa shape index (κ3) is 4.05. The topological polar surface area (TPSA) is 63.5 Å². The zero-order valence-corrected chi connectivity index (χ0v) is 19.5. The quantitative estimate of drug-likeness (QED) is 0.503. The first kappa shape index (κ1) is 22.2. The molecule has 2 aliphatic rings. The maximum Gasteiger partial charge on any atom is 0.271 e. The van der Waals surface area contributed by atoms with Gasteiger partial charge in [0.2, 0.25) is 0 Å². The average molecular weight is 476 g/mol. The van der Waals surface area contributed by atoms with Crippen LogP contribution in [0, 0.1) is 5.82 Å². The minimum absolute atomic E-state index is 0.235. The molecule has 0 aromatic heterocycles. The Hall–Kier alpha value is -3.65. The van der Waals surface area contributed by atoms with Crippen molar-refractivity contribution in [2.24, 2.45) is 9.98 Å². The number of carbonyl (C=O) groups excluding carboxylic acids is 1. The minimum atomic E-state index is -0.537. The molecule has 0 spiro atoms. The standard InChI is InChI=1S/C26H22FN3O3S/c1-32-22-13-18-20(14-23(22)33-2)28-26(34-15-17-10-6-7-11-19(17)27)30-21(25(31)29-24(18)30)12-16-8-4-3-5-9-16/h3-11,13-14,21H,12,15H2,1-2H3/t21-/m0/s1. The molecule has 5 rings (SSSR count). The Morgan fingerprint density at radius 1 is 0.971 bits per heavy atom. The lowest BCUT2D eigenvalue weighted by Crippen LogP contribution is -2.44. The van der Waals surface area contributed by atoms with Gasteiger partial charge in [-0.1, -0.05) is 60.3 Å². The number of amidine groups is 2. The molecular formula is C26H22FN3O3S. The smallest absolute Gasteiger partial charge is 0.271 e. The largest absolute Gasteiger partial charge is 0.493 e. The molecule has 172 valence electrons. The maximum absolute atomic E-state index is 14.3.